The van der Waals surface area contributed by atoms with Crippen LogP contribution in [0.5, 0.6) is 0 Å². The minimum atomic E-state index is -3.62. The van der Waals surface area contributed by atoms with E-state index in [1.54, 1.807) is 17.0 Å². The van der Waals surface area contributed by atoms with Gasteiger partial charge in [-0.2, -0.15) is 0 Å². The van der Waals surface area contributed by atoms with Gasteiger partial charge in [0.05, 0.1) is 4.90 Å². The molecule has 0 radical (unpaired) electrons. The second-order valence-corrected chi connectivity index (χ2v) is 9.56. The Morgan fingerprint density at radius 3 is 2.52 bits per heavy atom. The lowest BCUT2D eigenvalue weighted by Gasteiger charge is -2.18. The molecule has 0 fully saturated rings. The first-order chi connectivity index (χ1) is 14.9. The third-order valence-corrected chi connectivity index (χ3v) is 7.20. The highest BCUT2D eigenvalue weighted by molar-refractivity contribution is 7.89. The van der Waals surface area contributed by atoms with Crippen LogP contribution in [-0.4, -0.2) is 20.9 Å². The molecular formula is C25H26N2O3S. The summed E-state index contributed by atoms with van der Waals surface area (Å²) < 4.78 is 28.4. The van der Waals surface area contributed by atoms with Crippen LogP contribution in [0.25, 0.3) is 0 Å². The van der Waals surface area contributed by atoms with E-state index >= 15 is 0 Å². The van der Waals surface area contributed by atoms with E-state index in [9.17, 15) is 13.2 Å². The Morgan fingerprint density at radius 1 is 1.03 bits per heavy atom. The highest BCUT2D eigenvalue weighted by Gasteiger charge is 2.26. The summed E-state index contributed by atoms with van der Waals surface area (Å²) >= 11 is 0. The van der Waals surface area contributed by atoms with E-state index in [0.29, 0.717) is 23.4 Å². The minimum Gasteiger partial charge on any atom is -0.308 e. The van der Waals surface area contributed by atoms with E-state index < -0.39 is 10.0 Å². The molecule has 1 aliphatic rings. The second kappa shape index (κ2) is 8.65. The second-order valence-electron chi connectivity index (χ2n) is 7.82. The van der Waals surface area contributed by atoms with Gasteiger partial charge in [-0.25, -0.2) is 13.1 Å². The normalized spacial score (nSPS) is 13.3. The van der Waals surface area contributed by atoms with Gasteiger partial charge in [0.15, 0.2) is 0 Å². The van der Waals surface area contributed by atoms with Crippen molar-refractivity contribution in [3.8, 4) is 0 Å². The number of sulfonamides is 1. The number of aryl methyl sites for hydroxylation is 2. The van der Waals surface area contributed by atoms with Gasteiger partial charge in [0, 0.05) is 24.3 Å². The van der Waals surface area contributed by atoms with Crippen molar-refractivity contribution in [3.05, 3.63) is 94.5 Å². The van der Waals surface area contributed by atoms with E-state index in [2.05, 4.69) is 4.72 Å². The number of benzene rings is 3. The number of fused-ring (bicyclic) bond motifs is 1. The Bertz CT molecular complexity index is 1220. The molecule has 0 spiro atoms. The maximum atomic E-state index is 13.0. The molecule has 5 nitrogen and oxygen atoms in total. The molecule has 4 rings (SSSR count). The average Bonchev–Trinajstić information content (AvgIpc) is 3.21. The van der Waals surface area contributed by atoms with E-state index in [0.717, 1.165) is 34.4 Å². The predicted octanol–water partition coefficient (Wildman–Crippen LogP) is 4.24. The molecule has 0 aromatic heterocycles. The van der Waals surface area contributed by atoms with Crippen LogP contribution < -0.4 is 9.62 Å². The lowest BCUT2D eigenvalue weighted by molar-refractivity contribution is 0.0989. The van der Waals surface area contributed by atoms with Gasteiger partial charge in [-0.1, -0.05) is 55.0 Å². The molecule has 0 atom stereocenters. The molecule has 0 aliphatic carbocycles. The summed E-state index contributed by atoms with van der Waals surface area (Å²) in [5, 5.41) is 0. The SMILES string of the molecule is CCc1ccccc1S(=O)(=O)NCc1ccc2c(c1)N(C(=O)c1ccc(C)cc1)CC2. The quantitative estimate of drug-likeness (QED) is 0.631. The maximum absolute atomic E-state index is 13.0. The molecule has 31 heavy (non-hydrogen) atoms. The fourth-order valence-corrected chi connectivity index (χ4v) is 5.24. The van der Waals surface area contributed by atoms with Gasteiger partial charge in [-0.05, 0) is 60.7 Å². The van der Waals surface area contributed by atoms with Crippen LogP contribution in [0.1, 0.15) is 39.5 Å². The van der Waals surface area contributed by atoms with Crippen LogP contribution >= 0.6 is 0 Å². The maximum Gasteiger partial charge on any atom is 0.258 e. The number of nitrogens with zero attached hydrogens (tertiary/aromatic N) is 1. The molecule has 0 bridgehead atoms. The van der Waals surface area contributed by atoms with E-state index in [4.69, 9.17) is 0 Å². The van der Waals surface area contributed by atoms with Crippen molar-refractivity contribution in [2.45, 2.75) is 38.1 Å². The van der Waals surface area contributed by atoms with Crippen molar-refractivity contribution in [2.24, 2.45) is 0 Å². The molecule has 1 heterocycles. The van der Waals surface area contributed by atoms with Crippen molar-refractivity contribution < 1.29 is 13.2 Å². The topological polar surface area (TPSA) is 66.5 Å². The van der Waals surface area contributed by atoms with Crippen molar-refractivity contribution >= 4 is 21.6 Å². The van der Waals surface area contributed by atoms with Gasteiger partial charge in [0.2, 0.25) is 10.0 Å². The predicted molar refractivity (Wildman–Crippen MR) is 123 cm³/mol. The zero-order chi connectivity index (χ0) is 22.0. The molecule has 1 N–H and O–H groups in total. The standard InChI is InChI=1S/C25H26N2O3S/c1-3-20-6-4-5-7-24(20)31(29,30)26-17-19-10-13-21-14-15-27(23(21)16-19)25(28)22-11-8-18(2)9-12-22/h4-13,16,26H,3,14-15,17H2,1-2H3. The van der Waals surface area contributed by atoms with E-state index in [1.807, 2.05) is 68.4 Å². The summed E-state index contributed by atoms with van der Waals surface area (Å²) in [5.74, 6) is -0.0339. The summed E-state index contributed by atoms with van der Waals surface area (Å²) in [6, 6.07) is 20.4. The minimum absolute atomic E-state index is 0.0339. The Hall–Kier alpha value is -2.96. The van der Waals surface area contributed by atoms with Gasteiger partial charge in [0.1, 0.15) is 0 Å². The summed E-state index contributed by atoms with van der Waals surface area (Å²) in [6.45, 7) is 4.72. The fraction of sp³-hybridized carbons (Fsp3) is 0.240. The number of hydrogen-bond donors (Lipinski definition) is 1. The number of nitrogens with one attached hydrogen (secondary N) is 1. The zero-order valence-electron chi connectivity index (χ0n) is 17.8. The molecule has 0 saturated carbocycles. The first-order valence-corrected chi connectivity index (χ1v) is 12.0. The van der Waals surface area contributed by atoms with Crippen LogP contribution in [0.15, 0.2) is 71.6 Å². The molecular weight excluding hydrogens is 408 g/mol. The Kier molecular flexibility index (Phi) is 5.94. The van der Waals surface area contributed by atoms with Gasteiger partial charge < -0.3 is 4.90 Å². The first-order valence-electron chi connectivity index (χ1n) is 10.5. The van der Waals surface area contributed by atoms with Crippen LogP contribution in [-0.2, 0) is 29.4 Å². The third kappa shape index (κ3) is 4.40. The van der Waals surface area contributed by atoms with Crippen molar-refractivity contribution in [1.29, 1.82) is 0 Å². The molecule has 0 saturated heterocycles. The smallest absolute Gasteiger partial charge is 0.258 e. The van der Waals surface area contributed by atoms with Crippen molar-refractivity contribution in [2.75, 3.05) is 11.4 Å². The molecule has 1 amide bonds. The Labute approximate surface area is 183 Å². The van der Waals surface area contributed by atoms with E-state index in [-0.39, 0.29) is 12.5 Å². The molecule has 0 unspecified atom stereocenters. The lowest BCUT2D eigenvalue weighted by Crippen LogP contribution is -2.29. The van der Waals surface area contributed by atoms with E-state index in [1.165, 1.54) is 0 Å². The molecule has 3 aromatic rings. The number of amides is 1. The number of anilines is 1. The zero-order valence-corrected chi connectivity index (χ0v) is 18.6. The molecule has 6 heteroatoms. The van der Waals surface area contributed by atoms with Crippen molar-refractivity contribution in [3.63, 3.8) is 0 Å². The molecule has 3 aromatic carbocycles. The summed E-state index contributed by atoms with van der Waals surface area (Å²) in [7, 11) is -3.62. The van der Waals surface area contributed by atoms with Crippen LogP contribution in [0.4, 0.5) is 5.69 Å². The fourth-order valence-electron chi connectivity index (χ4n) is 3.91. The molecule has 160 valence electrons. The number of carbonyl (C=O) groups is 1. The largest absolute Gasteiger partial charge is 0.308 e. The Balaban J connectivity index is 1.54. The average molecular weight is 435 g/mol. The van der Waals surface area contributed by atoms with Gasteiger partial charge in [0.25, 0.3) is 5.91 Å². The number of rotatable bonds is 6. The van der Waals surface area contributed by atoms with Crippen LogP contribution in [0.2, 0.25) is 0 Å². The van der Waals surface area contributed by atoms with Crippen LogP contribution in [0, 0.1) is 6.92 Å². The first kappa shape index (κ1) is 21.3. The highest BCUT2D eigenvalue weighted by Crippen LogP contribution is 2.30. The highest BCUT2D eigenvalue weighted by atomic mass is 32.2. The van der Waals surface area contributed by atoms with Crippen LogP contribution in [0.3, 0.4) is 0 Å². The lowest BCUT2D eigenvalue weighted by atomic mass is 10.1. The Morgan fingerprint density at radius 2 is 1.77 bits per heavy atom. The van der Waals surface area contributed by atoms with Gasteiger partial charge in [-0.3, -0.25) is 4.79 Å². The number of hydrogen-bond acceptors (Lipinski definition) is 3. The van der Waals surface area contributed by atoms with Gasteiger partial charge in [-0.15, -0.1) is 0 Å². The number of carbonyl (C=O) groups excluding carboxylic acids is 1. The van der Waals surface area contributed by atoms with Gasteiger partial charge >= 0.3 is 0 Å². The summed E-state index contributed by atoms with van der Waals surface area (Å²) in [4.78, 5) is 15.1. The summed E-state index contributed by atoms with van der Waals surface area (Å²) in [6.07, 6.45) is 1.44. The third-order valence-electron chi connectivity index (χ3n) is 5.70. The monoisotopic (exact) mass is 434 g/mol. The summed E-state index contributed by atoms with van der Waals surface area (Å²) in [5.41, 5.74) is 5.33. The van der Waals surface area contributed by atoms with Crippen molar-refractivity contribution in [1.82, 2.24) is 4.72 Å². The molecule has 1 aliphatic heterocycles.